The molecular weight excluding hydrogens is 330 g/mol. The Morgan fingerprint density at radius 1 is 0.846 bits per heavy atom. The molecule has 2 aromatic carbocycles. The molecule has 0 bridgehead atoms. The van der Waals surface area contributed by atoms with Crippen molar-refractivity contribution in [2.75, 3.05) is 18.4 Å². The Balaban J connectivity index is 1.71. The van der Waals surface area contributed by atoms with E-state index in [1.165, 1.54) is 0 Å². The fraction of sp³-hybridized carbons (Fsp3) is 0.300. The number of nitrogens with one attached hydrogen (secondary N) is 2. The van der Waals surface area contributed by atoms with Gasteiger partial charge in [0.15, 0.2) is 0 Å². The van der Waals surface area contributed by atoms with Gasteiger partial charge in [-0.15, -0.1) is 0 Å². The van der Waals surface area contributed by atoms with E-state index in [-0.39, 0.29) is 18.4 Å². The van der Waals surface area contributed by atoms with Crippen molar-refractivity contribution in [1.29, 1.82) is 0 Å². The quantitative estimate of drug-likeness (QED) is 0.571. The lowest BCUT2D eigenvalue weighted by atomic mass is 10.2. The average Bonchev–Trinajstić information content (AvgIpc) is 2.66. The molecule has 2 aromatic rings. The predicted octanol–water partition coefficient (Wildman–Crippen LogP) is 3.05. The van der Waals surface area contributed by atoms with Gasteiger partial charge in [0.25, 0.3) is 0 Å². The third-order valence-electron chi connectivity index (χ3n) is 3.67. The van der Waals surface area contributed by atoms with Crippen molar-refractivity contribution in [2.45, 2.75) is 25.7 Å². The maximum absolute atomic E-state index is 11.9. The number of ether oxygens (including phenoxy) is 1. The zero-order valence-corrected chi connectivity index (χ0v) is 14.7. The summed E-state index contributed by atoms with van der Waals surface area (Å²) in [4.78, 5) is 23.5. The Bertz CT molecular complexity index is 687. The van der Waals surface area contributed by atoms with E-state index in [1.54, 1.807) is 24.3 Å². The highest BCUT2D eigenvalue weighted by Gasteiger charge is 2.06. The standard InChI is InChI=1S/C20H25N3O3/c21-14-6-2-5-9-19(24)22-15-20(25)23-16-10-12-18(13-11-16)26-17-7-3-1-4-8-17/h1,3-4,7-8,10-13H,2,5-6,9,14-15,21H2,(H,22,24)(H,23,25). The third-order valence-corrected chi connectivity index (χ3v) is 3.67. The maximum Gasteiger partial charge on any atom is 0.243 e. The molecule has 2 rings (SSSR count). The summed E-state index contributed by atoms with van der Waals surface area (Å²) in [6, 6.07) is 16.5. The molecule has 6 heteroatoms. The minimum atomic E-state index is -0.267. The highest BCUT2D eigenvalue weighted by Crippen LogP contribution is 2.22. The van der Waals surface area contributed by atoms with Gasteiger partial charge in [0.1, 0.15) is 11.5 Å². The number of hydrogen-bond donors (Lipinski definition) is 3. The summed E-state index contributed by atoms with van der Waals surface area (Å²) >= 11 is 0. The molecule has 4 N–H and O–H groups in total. The van der Waals surface area contributed by atoms with Crippen molar-refractivity contribution in [1.82, 2.24) is 5.32 Å². The highest BCUT2D eigenvalue weighted by molar-refractivity contribution is 5.94. The van der Waals surface area contributed by atoms with Crippen molar-refractivity contribution in [3.63, 3.8) is 0 Å². The van der Waals surface area contributed by atoms with Crippen LogP contribution in [-0.4, -0.2) is 24.9 Å². The number of amides is 2. The van der Waals surface area contributed by atoms with Gasteiger partial charge >= 0.3 is 0 Å². The number of para-hydroxylation sites is 1. The molecule has 26 heavy (non-hydrogen) atoms. The van der Waals surface area contributed by atoms with Gasteiger partial charge < -0.3 is 21.1 Å². The second-order valence-corrected chi connectivity index (χ2v) is 5.86. The van der Waals surface area contributed by atoms with Gasteiger partial charge in [-0.2, -0.15) is 0 Å². The summed E-state index contributed by atoms with van der Waals surface area (Å²) in [5.74, 6) is 1.04. The van der Waals surface area contributed by atoms with Crippen molar-refractivity contribution in [3.05, 3.63) is 54.6 Å². The summed E-state index contributed by atoms with van der Waals surface area (Å²) in [5, 5.41) is 5.36. The Hall–Kier alpha value is -2.86. The molecular formula is C20H25N3O3. The zero-order valence-electron chi connectivity index (χ0n) is 14.7. The zero-order chi connectivity index (χ0) is 18.6. The minimum absolute atomic E-state index is 0.0437. The van der Waals surface area contributed by atoms with Crippen LogP contribution in [0, 0.1) is 0 Å². The minimum Gasteiger partial charge on any atom is -0.457 e. The second-order valence-electron chi connectivity index (χ2n) is 5.86. The highest BCUT2D eigenvalue weighted by atomic mass is 16.5. The first-order chi connectivity index (χ1) is 12.7. The van der Waals surface area contributed by atoms with Gasteiger partial charge in [0, 0.05) is 12.1 Å². The number of benzene rings is 2. The van der Waals surface area contributed by atoms with E-state index in [1.807, 2.05) is 30.3 Å². The van der Waals surface area contributed by atoms with E-state index >= 15 is 0 Å². The molecule has 0 saturated heterocycles. The summed E-state index contributed by atoms with van der Waals surface area (Å²) in [6.07, 6.45) is 3.04. The largest absolute Gasteiger partial charge is 0.457 e. The van der Waals surface area contributed by atoms with Crippen LogP contribution < -0.4 is 21.1 Å². The number of nitrogens with two attached hydrogens (primary N) is 1. The molecule has 0 saturated carbocycles. The number of rotatable bonds is 10. The van der Waals surface area contributed by atoms with Gasteiger partial charge in [-0.05, 0) is 55.8 Å². The van der Waals surface area contributed by atoms with Crippen LogP contribution >= 0.6 is 0 Å². The Morgan fingerprint density at radius 2 is 1.54 bits per heavy atom. The summed E-state index contributed by atoms with van der Waals surface area (Å²) in [6.45, 7) is 0.594. The summed E-state index contributed by atoms with van der Waals surface area (Å²) < 4.78 is 5.69. The van der Waals surface area contributed by atoms with Crippen LogP contribution in [0.25, 0.3) is 0 Å². The molecule has 0 aliphatic carbocycles. The monoisotopic (exact) mass is 355 g/mol. The lowest BCUT2D eigenvalue weighted by molar-refractivity contribution is -0.124. The van der Waals surface area contributed by atoms with E-state index in [2.05, 4.69) is 10.6 Å². The second kappa shape index (κ2) is 10.9. The molecule has 138 valence electrons. The molecule has 0 spiro atoms. The van der Waals surface area contributed by atoms with Gasteiger partial charge in [-0.25, -0.2) is 0 Å². The average molecular weight is 355 g/mol. The normalized spacial score (nSPS) is 10.2. The molecule has 2 amide bonds. The SMILES string of the molecule is NCCCCCC(=O)NCC(=O)Nc1ccc(Oc2ccccc2)cc1. The van der Waals surface area contributed by atoms with Crippen molar-refractivity contribution in [2.24, 2.45) is 5.73 Å². The van der Waals surface area contributed by atoms with Crippen LogP contribution in [0.2, 0.25) is 0 Å². The molecule has 0 atom stereocenters. The molecule has 0 aromatic heterocycles. The molecule has 6 nitrogen and oxygen atoms in total. The first kappa shape index (κ1) is 19.5. The van der Waals surface area contributed by atoms with Crippen molar-refractivity contribution < 1.29 is 14.3 Å². The predicted molar refractivity (Wildman–Crippen MR) is 102 cm³/mol. The van der Waals surface area contributed by atoms with Crippen LogP contribution in [0.5, 0.6) is 11.5 Å². The molecule has 0 heterocycles. The molecule has 0 unspecified atom stereocenters. The van der Waals surface area contributed by atoms with Gasteiger partial charge in [0.05, 0.1) is 6.54 Å². The lowest BCUT2D eigenvalue weighted by Crippen LogP contribution is -2.32. The number of carbonyl (C=O) groups excluding carboxylic acids is 2. The van der Waals surface area contributed by atoms with Crippen molar-refractivity contribution >= 4 is 17.5 Å². The van der Waals surface area contributed by atoms with Gasteiger partial charge in [-0.1, -0.05) is 24.6 Å². The molecule has 0 aliphatic heterocycles. The summed E-state index contributed by atoms with van der Waals surface area (Å²) in [7, 11) is 0. The molecule has 0 radical (unpaired) electrons. The van der Waals surface area contributed by atoms with E-state index in [9.17, 15) is 9.59 Å². The van der Waals surface area contributed by atoms with Crippen LogP contribution in [-0.2, 0) is 9.59 Å². The fourth-order valence-electron chi connectivity index (χ4n) is 2.31. The van der Waals surface area contributed by atoms with Crippen LogP contribution in [0.15, 0.2) is 54.6 Å². The fourth-order valence-corrected chi connectivity index (χ4v) is 2.31. The lowest BCUT2D eigenvalue weighted by Gasteiger charge is -2.09. The van der Waals surface area contributed by atoms with E-state index in [4.69, 9.17) is 10.5 Å². The number of anilines is 1. The Kier molecular flexibility index (Phi) is 8.15. The van der Waals surface area contributed by atoms with Crippen LogP contribution in [0.4, 0.5) is 5.69 Å². The third kappa shape index (κ3) is 7.36. The maximum atomic E-state index is 11.9. The number of unbranched alkanes of at least 4 members (excludes halogenated alkanes) is 2. The first-order valence-electron chi connectivity index (χ1n) is 8.77. The van der Waals surface area contributed by atoms with E-state index in [0.29, 0.717) is 24.4 Å². The van der Waals surface area contributed by atoms with E-state index < -0.39 is 0 Å². The van der Waals surface area contributed by atoms with Crippen LogP contribution in [0.1, 0.15) is 25.7 Å². The first-order valence-corrected chi connectivity index (χ1v) is 8.77. The smallest absolute Gasteiger partial charge is 0.243 e. The Labute approximate surface area is 153 Å². The van der Waals surface area contributed by atoms with Gasteiger partial charge in [0.2, 0.25) is 11.8 Å². The van der Waals surface area contributed by atoms with Gasteiger partial charge in [-0.3, -0.25) is 9.59 Å². The number of carbonyl (C=O) groups is 2. The molecule has 0 aliphatic rings. The summed E-state index contributed by atoms with van der Waals surface area (Å²) in [5.41, 5.74) is 6.05. The Morgan fingerprint density at radius 3 is 2.23 bits per heavy atom. The molecule has 0 fully saturated rings. The van der Waals surface area contributed by atoms with Crippen molar-refractivity contribution in [3.8, 4) is 11.5 Å². The number of hydrogen-bond acceptors (Lipinski definition) is 4. The topological polar surface area (TPSA) is 93.5 Å². The van der Waals surface area contributed by atoms with E-state index in [0.717, 1.165) is 25.0 Å². The van der Waals surface area contributed by atoms with Crippen LogP contribution in [0.3, 0.4) is 0 Å².